The Balaban J connectivity index is 1.74. The van der Waals surface area contributed by atoms with Gasteiger partial charge in [0.1, 0.15) is 5.82 Å². The van der Waals surface area contributed by atoms with Crippen LogP contribution in [0.15, 0.2) is 35.1 Å². The first-order valence-corrected chi connectivity index (χ1v) is 7.73. The molecule has 1 heterocycles. The Morgan fingerprint density at radius 1 is 1.29 bits per heavy atom. The molecule has 0 atom stereocenters. The Bertz CT molecular complexity index is 773. The van der Waals surface area contributed by atoms with Gasteiger partial charge in [-0.25, -0.2) is 9.18 Å². The molecular weight excluding hydrogens is 311 g/mol. The van der Waals surface area contributed by atoms with Crippen LogP contribution in [0.3, 0.4) is 0 Å². The highest BCUT2D eigenvalue weighted by Gasteiger charge is 2.05. The molecule has 7 heteroatoms. The van der Waals surface area contributed by atoms with Crippen LogP contribution in [0.2, 0.25) is 0 Å². The highest BCUT2D eigenvalue weighted by atomic mass is 19.1. The van der Waals surface area contributed by atoms with Crippen molar-refractivity contribution >= 4 is 5.91 Å². The first-order valence-electron chi connectivity index (χ1n) is 7.73. The number of aryl methyl sites for hydroxylation is 2. The van der Waals surface area contributed by atoms with Gasteiger partial charge in [0.05, 0.1) is 6.54 Å². The number of amides is 1. The number of carbonyl (C=O) groups is 1. The van der Waals surface area contributed by atoms with Crippen LogP contribution < -0.4 is 16.3 Å². The number of nitrogens with one attached hydrogen (secondary N) is 2. The van der Waals surface area contributed by atoms with Crippen molar-refractivity contribution in [1.29, 1.82) is 0 Å². The number of aromatic nitrogens is 2. The lowest BCUT2D eigenvalue weighted by Crippen LogP contribution is -2.36. The topological polar surface area (TPSA) is 76.0 Å². The van der Waals surface area contributed by atoms with Crippen molar-refractivity contribution in [2.24, 2.45) is 0 Å². The van der Waals surface area contributed by atoms with Crippen molar-refractivity contribution in [1.82, 2.24) is 20.2 Å². The average molecular weight is 332 g/mol. The van der Waals surface area contributed by atoms with E-state index in [0.717, 1.165) is 5.69 Å². The molecule has 1 aromatic heterocycles. The zero-order chi connectivity index (χ0) is 17.5. The van der Waals surface area contributed by atoms with Gasteiger partial charge in [-0.05, 0) is 26.0 Å². The van der Waals surface area contributed by atoms with Gasteiger partial charge in [0.25, 0.3) is 0 Å². The molecule has 0 spiro atoms. The first-order chi connectivity index (χ1) is 11.5. The molecule has 0 aliphatic rings. The third-order valence-electron chi connectivity index (χ3n) is 3.58. The van der Waals surface area contributed by atoms with E-state index in [1.54, 1.807) is 29.7 Å². The smallest absolute Gasteiger partial charge is 0.347 e. The van der Waals surface area contributed by atoms with Crippen molar-refractivity contribution in [3.8, 4) is 0 Å². The Kier molecular flexibility index (Phi) is 6.20. The van der Waals surface area contributed by atoms with Crippen LogP contribution in [0.1, 0.15) is 17.0 Å². The second-order valence-electron chi connectivity index (χ2n) is 5.52. The largest absolute Gasteiger partial charge is 0.351 e. The number of halogens is 1. The fourth-order valence-corrected chi connectivity index (χ4v) is 2.34. The van der Waals surface area contributed by atoms with E-state index in [1.807, 2.05) is 13.0 Å². The van der Waals surface area contributed by atoms with Crippen molar-refractivity contribution < 1.29 is 9.18 Å². The fraction of sp³-hybridized carbons (Fsp3) is 0.353. The standard InChI is InChI=1S/C17H21FN4O2/c1-12-9-13(2)22(17(24)21-12)8-7-19-11-16(23)20-10-14-5-3-4-6-15(14)18/h3-6,9,19H,7-8,10-11H2,1-2H3,(H,20,23). The quantitative estimate of drug-likeness (QED) is 0.739. The van der Waals surface area contributed by atoms with Crippen LogP contribution in [0, 0.1) is 19.7 Å². The number of hydrogen-bond acceptors (Lipinski definition) is 4. The molecule has 0 saturated carbocycles. The van der Waals surface area contributed by atoms with E-state index in [-0.39, 0.29) is 30.5 Å². The summed E-state index contributed by atoms with van der Waals surface area (Å²) in [6, 6.07) is 8.14. The molecule has 24 heavy (non-hydrogen) atoms. The molecule has 128 valence electrons. The van der Waals surface area contributed by atoms with E-state index in [0.29, 0.717) is 24.3 Å². The van der Waals surface area contributed by atoms with Crippen LogP contribution in [-0.4, -0.2) is 28.5 Å². The van der Waals surface area contributed by atoms with Gasteiger partial charge in [0, 0.05) is 36.6 Å². The minimum atomic E-state index is -0.340. The van der Waals surface area contributed by atoms with Crippen LogP contribution >= 0.6 is 0 Å². The molecule has 0 aliphatic carbocycles. The highest BCUT2D eigenvalue weighted by molar-refractivity contribution is 5.77. The molecule has 2 rings (SSSR count). The second kappa shape index (κ2) is 8.35. The molecule has 0 radical (unpaired) electrons. The predicted octanol–water partition coefficient (Wildman–Crippen LogP) is 0.905. The van der Waals surface area contributed by atoms with Gasteiger partial charge >= 0.3 is 5.69 Å². The van der Waals surface area contributed by atoms with E-state index in [2.05, 4.69) is 15.6 Å². The van der Waals surface area contributed by atoms with Gasteiger partial charge < -0.3 is 10.6 Å². The van der Waals surface area contributed by atoms with Gasteiger partial charge in [-0.3, -0.25) is 9.36 Å². The number of rotatable bonds is 7. The van der Waals surface area contributed by atoms with E-state index < -0.39 is 0 Å². The summed E-state index contributed by atoms with van der Waals surface area (Å²) in [6.45, 7) is 4.75. The highest BCUT2D eigenvalue weighted by Crippen LogP contribution is 2.05. The lowest BCUT2D eigenvalue weighted by molar-refractivity contribution is -0.120. The van der Waals surface area contributed by atoms with Gasteiger partial charge in [0.15, 0.2) is 0 Å². The SMILES string of the molecule is Cc1cc(C)n(CCNCC(=O)NCc2ccccc2F)c(=O)n1. The Morgan fingerprint density at radius 3 is 2.75 bits per heavy atom. The molecule has 0 unspecified atom stereocenters. The maximum absolute atomic E-state index is 13.4. The summed E-state index contributed by atoms with van der Waals surface area (Å²) < 4.78 is 15.0. The number of nitrogens with zero attached hydrogens (tertiary/aromatic N) is 2. The molecule has 2 N–H and O–H groups in total. The summed E-state index contributed by atoms with van der Waals surface area (Å²) in [4.78, 5) is 27.4. The number of carbonyl (C=O) groups excluding carboxylic acids is 1. The van der Waals surface area contributed by atoms with Crippen LogP contribution in [0.25, 0.3) is 0 Å². The Morgan fingerprint density at radius 2 is 2.04 bits per heavy atom. The fourth-order valence-electron chi connectivity index (χ4n) is 2.34. The van der Waals surface area contributed by atoms with Crippen LogP contribution in [0.4, 0.5) is 4.39 Å². The molecule has 0 aliphatic heterocycles. The lowest BCUT2D eigenvalue weighted by atomic mass is 10.2. The van der Waals surface area contributed by atoms with Crippen molar-refractivity contribution in [2.45, 2.75) is 26.9 Å². The summed E-state index contributed by atoms with van der Waals surface area (Å²) in [5.41, 5.74) is 1.67. The summed E-state index contributed by atoms with van der Waals surface area (Å²) in [5.74, 6) is -0.572. The minimum absolute atomic E-state index is 0.0988. The van der Waals surface area contributed by atoms with E-state index in [4.69, 9.17) is 0 Å². The van der Waals surface area contributed by atoms with Crippen molar-refractivity contribution in [3.63, 3.8) is 0 Å². The maximum atomic E-state index is 13.4. The zero-order valence-electron chi connectivity index (χ0n) is 13.8. The normalized spacial score (nSPS) is 10.6. The summed E-state index contributed by atoms with van der Waals surface area (Å²) in [7, 11) is 0. The van der Waals surface area contributed by atoms with Crippen LogP contribution in [0.5, 0.6) is 0 Å². The maximum Gasteiger partial charge on any atom is 0.347 e. The van der Waals surface area contributed by atoms with Gasteiger partial charge in [0.2, 0.25) is 5.91 Å². The lowest BCUT2D eigenvalue weighted by Gasteiger charge is -2.11. The van der Waals surface area contributed by atoms with E-state index in [9.17, 15) is 14.0 Å². The zero-order valence-corrected chi connectivity index (χ0v) is 13.8. The predicted molar refractivity (Wildman–Crippen MR) is 89.1 cm³/mol. The molecule has 0 fully saturated rings. The second-order valence-corrected chi connectivity index (χ2v) is 5.52. The van der Waals surface area contributed by atoms with E-state index >= 15 is 0 Å². The van der Waals surface area contributed by atoms with E-state index in [1.165, 1.54) is 6.07 Å². The van der Waals surface area contributed by atoms with Crippen molar-refractivity contribution in [2.75, 3.05) is 13.1 Å². The minimum Gasteiger partial charge on any atom is -0.351 e. The van der Waals surface area contributed by atoms with Gasteiger partial charge in [-0.15, -0.1) is 0 Å². The monoisotopic (exact) mass is 332 g/mol. The summed E-state index contributed by atoms with van der Waals surface area (Å²) in [5, 5.41) is 5.61. The Hall–Kier alpha value is -2.54. The molecular formula is C17H21FN4O2. The summed E-state index contributed by atoms with van der Waals surface area (Å²) >= 11 is 0. The number of benzene rings is 1. The first kappa shape index (κ1) is 17.8. The van der Waals surface area contributed by atoms with Crippen LogP contribution in [-0.2, 0) is 17.9 Å². The number of hydrogen-bond donors (Lipinski definition) is 2. The van der Waals surface area contributed by atoms with Gasteiger partial charge in [-0.1, -0.05) is 18.2 Å². The third-order valence-corrected chi connectivity index (χ3v) is 3.58. The molecule has 1 amide bonds. The molecule has 1 aromatic carbocycles. The molecule has 0 saturated heterocycles. The average Bonchev–Trinajstić information content (AvgIpc) is 2.52. The molecule has 2 aromatic rings. The van der Waals surface area contributed by atoms with Gasteiger partial charge in [-0.2, -0.15) is 4.98 Å². The Labute approximate surface area is 139 Å². The third kappa shape index (κ3) is 4.99. The summed E-state index contributed by atoms with van der Waals surface area (Å²) in [6.07, 6.45) is 0. The molecule has 6 nitrogen and oxygen atoms in total. The van der Waals surface area contributed by atoms with Crippen molar-refractivity contribution in [3.05, 3.63) is 63.6 Å². The molecule has 0 bridgehead atoms.